The van der Waals surface area contributed by atoms with Crippen LogP contribution in [0.25, 0.3) is 0 Å². The van der Waals surface area contributed by atoms with Gasteiger partial charge in [0, 0.05) is 25.7 Å². The number of esters is 1. The first-order chi connectivity index (χ1) is 14.0. The summed E-state index contributed by atoms with van der Waals surface area (Å²) < 4.78 is 15.2. The molecular formula is C20H27N3O6. The van der Waals surface area contributed by atoms with E-state index in [9.17, 15) is 14.4 Å². The van der Waals surface area contributed by atoms with Gasteiger partial charge in [-0.25, -0.2) is 14.4 Å². The number of nitrogens with zero attached hydrogens (tertiary/aromatic N) is 2. The van der Waals surface area contributed by atoms with Crippen molar-refractivity contribution in [1.29, 1.82) is 0 Å². The Labute approximate surface area is 169 Å². The monoisotopic (exact) mass is 405 g/mol. The number of methoxy groups -OCH3 is 1. The highest BCUT2D eigenvalue weighted by atomic mass is 16.6. The SMILES string of the molecule is CCOC(=O)C1COC(=O)N1C1CCN(C(=O)NCc2ccc(OC)cc2)CC1. The van der Waals surface area contributed by atoms with Crippen molar-refractivity contribution in [2.45, 2.75) is 38.4 Å². The lowest BCUT2D eigenvalue weighted by atomic mass is 10.0. The number of benzene rings is 1. The van der Waals surface area contributed by atoms with Crippen LogP contribution in [0.1, 0.15) is 25.3 Å². The topological polar surface area (TPSA) is 97.4 Å². The molecule has 158 valence electrons. The van der Waals surface area contributed by atoms with Gasteiger partial charge in [0.15, 0.2) is 6.04 Å². The minimum absolute atomic E-state index is 0.0141. The Morgan fingerprint density at radius 2 is 1.90 bits per heavy atom. The summed E-state index contributed by atoms with van der Waals surface area (Å²) in [6, 6.07) is 6.50. The van der Waals surface area contributed by atoms with E-state index >= 15 is 0 Å². The smallest absolute Gasteiger partial charge is 0.410 e. The Balaban J connectivity index is 1.49. The number of nitrogens with one attached hydrogen (secondary N) is 1. The molecule has 1 N–H and O–H groups in total. The zero-order valence-corrected chi connectivity index (χ0v) is 16.8. The molecule has 2 aliphatic rings. The molecule has 0 aromatic heterocycles. The minimum atomic E-state index is -0.706. The van der Waals surface area contributed by atoms with Crippen molar-refractivity contribution in [1.82, 2.24) is 15.1 Å². The van der Waals surface area contributed by atoms with Gasteiger partial charge < -0.3 is 24.4 Å². The lowest BCUT2D eigenvalue weighted by Crippen LogP contribution is -2.53. The van der Waals surface area contributed by atoms with E-state index in [1.807, 2.05) is 24.3 Å². The second-order valence-electron chi connectivity index (χ2n) is 6.98. The molecule has 0 spiro atoms. The van der Waals surface area contributed by atoms with Crippen molar-refractivity contribution < 1.29 is 28.6 Å². The molecule has 9 heteroatoms. The van der Waals surface area contributed by atoms with Crippen LogP contribution < -0.4 is 10.1 Å². The molecule has 29 heavy (non-hydrogen) atoms. The quantitative estimate of drug-likeness (QED) is 0.725. The van der Waals surface area contributed by atoms with Crippen LogP contribution in [0.3, 0.4) is 0 Å². The lowest BCUT2D eigenvalue weighted by Gasteiger charge is -2.37. The number of rotatable bonds is 6. The molecule has 1 atom stereocenters. The second kappa shape index (κ2) is 9.49. The molecule has 0 radical (unpaired) electrons. The average molecular weight is 405 g/mol. The van der Waals surface area contributed by atoms with Crippen molar-refractivity contribution in [2.75, 3.05) is 33.4 Å². The number of carbonyl (C=O) groups excluding carboxylic acids is 3. The van der Waals surface area contributed by atoms with E-state index in [-0.39, 0.29) is 25.3 Å². The summed E-state index contributed by atoms with van der Waals surface area (Å²) in [6.07, 6.45) is 0.674. The van der Waals surface area contributed by atoms with Gasteiger partial charge in [0.25, 0.3) is 0 Å². The Morgan fingerprint density at radius 1 is 1.21 bits per heavy atom. The van der Waals surface area contributed by atoms with E-state index in [1.165, 1.54) is 4.90 Å². The molecule has 1 aromatic carbocycles. The van der Waals surface area contributed by atoms with Gasteiger partial charge in [-0.15, -0.1) is 0 Å². The van der Waals surface area contributed by atoms with Crippen LogP contribution in [0.2, 0.25) is 0 Å². The van der Waals surface area contributed by atoms with Gasteiger partial charge in [-0.3, -0.25) is 4.90 Å². The average Bonchev–Trinajstić information content (AvgIpc) is 3.14. The number of hydrogen-bond acceptors (Lipinski definition) is 6. The standard InChI is InChI=1S/C20H27N3O6/c1-3-28-18(24)17-13-29-20(26)23(17)15-8-10-22(11-9-15)19(25)21-12-14-4-6-16(27-2)7-5-14/h4-7,15,17H,3,8-13H2,1-2H3,(H,21,25). The highest BCUT2D eigenvalue weighted by Crippen LogP contribution is 2.24. The summed E-state index contributed by atoms with van der Waals surface area (Å²) in [5, 5.41) is 2.91. The van der Waals surface area contributed by atoms with Crippen LogP contribution in [0.15, 0.2) is 24.3 Å². The van der Waals surface area contributed by atoms with Crippen molar-refractivity contribution in [3.63, 3.8) is 0 Å². The molecular weight excluding hydrogens is 378 g/mol. The zero-order chi connectivity index (χ0) is 20.8. The van der Waals surface area contributed by atoms with Gasteiger partial charge in [0.05, 0.1) is 13.7 Å². The molecule has 2 aliphatic heterocycles. The third kappa shape index (κ3) is 4.90. The van der Waals surface area contributed by atoms with E-state index in [2.05, 4.69) is 5.32 Å². The Hall–Kier alpha value is -2.97. The van der Waals surface area contributed by atoms with E-state index in [0.29, 0.717) is 32.5 Å². The molecule has 2 heterocycles. The fourth-order valence-electron chi connectivity index (χ4n) is 3.64. The summed E-state index contributed by atoms with van der Waals surface area (Å²) in [5.74, 6) is 0.321. The highest BCUT2D eigenvalue weighted by Gasteiger charge is 2.44. The molecule has 2 fully saturated rings. The fraction of sp³-hybridized carbons (Fsp3) is 0.550. The summed E-state index contributed by atoms with van der Waals surface area (Å²) >= 11 is 0. The van der Waals surface area contributed by atoms with Crippen LogP contribution in [0.5, 0.6) is 5.75 Å². The van der Waals surface area contributed by atoms with Crippen LogP contribution in [0.4, 0.5) is 9.59 Å². The molecule has 1 aromatic rings. The third-order valence-electron chi connectivity index (χ3n) is 5.22. The predicted molar refractivity (Wildman–Crippen MR) is 103 cm³/mol. The Morgan fingerprint density at radius 3 is 2.52 bits per heavy atom. The van der Waals surface area contributed by atoms with Gasteiger partial charge in [-0.2, -0.15) is 0 Å². The minimum Gasteiger partial charge on any atom is -0.497 e. The van der Waals surface area contributed by atoms with Gasteiger partial charge >= 0.3 is 18.1 Å². The number of piperidine rings is 1. The summed E-state index contributed by atoms with van der Waals surface area (Å²) in [6.45, 7) is 3.41. The van der Waals surface area contributed by atoms with Crippen LogP contribution >= 0.6 is 0 Å². The number of amides is 3. The second-order valence-corrected chi connectivity index (χ2v) is 6.98. The maximum atomic E-state index is 12.5. The molecule has 3 amide bonds. The first kappa shape index (κ1) is 20.8. The first-order valence-corrected chi connectivity index (χ1v) is 9.81. The van der Waals surface area contributed by atoms with Crippen LogP contribution in [0, 0.1) is 0 Å². The molecule has 0 saturated carbocycles. The number of hydrogen-bond donors (Lipinski definition) is 1. The van der Waals surface area contributed by atoms with Gasteiger partial charge in [-0.1, -0.05) is 12.1 Å². The highest BCUT2D eigenvalue weighted by molar-refractivity contribution is 5.84. The Bertz CT molecular complexity index is 730. The first-order valence-electron chi connectivity index (χ1n) is 9.81. The lowest BCUT2D eigenvalue weighted by molar-refractivity contribution is -0.148. The molecule has 9 nitrogen and oxygen atoms in total. The third-order valence-corrected chi connectivity index (χ3v) is 5.22. The zero-order valence-electron chi connectivity index (χ0n) is 16.8. The summed E-state index contributed by atoms with van der Waals surface area (Å²) in [7, 11) is 1.61. The van der Waals surface area contributed by atoms with Crippen molar-refractivity contribution in [3.05, 3.63) is 29.8 Å². The summed E-state index contributed by atoms with van der Waals surface area (Å²) in [4.78, 5) is 39.9. The number of ether oxygens (including phenoxy) is 3. The van der Waals surface area contributed by atoms with E-state index in [4.69, 9.17) is 14.2 Å². The van der Waals surface area contributed by atoms with E-state index in [0.717, 1.165) is 11.3 Å². The molecule has 3 rings (SSSR count). The van der Waals surface area contributed by atoms with Crippen molar-refractivity contribution in [3.8, 4) is 5.75 Å². The predicted octanol–water partition coefficient (Wildman–Crippen LogP) is 1.75. The summed E-state index contributed by atoms with van der Waals surface area (Å²) in [5.41, 5.74) is 0.978. The number of cyclic esters (lactones) is 1. The van der Waals surface area contributed by atoms with Crippen LogP contribution in [-0.2, 0) is 20.8 Å². The van der Waals surface area contributed by atoms with Gasteiger partial charge in [-0.05, 0) is 37.5 Å². The molecule has 0 bridgehead atoms. The van der Waals surface area contributed by atoms with E-state index < -0.39 is 18.1 Å². The molecule has 2 saturated heterocycles. The number of carbonyl (C=O) groups is 3. The molecule has 0 aliphatic carbocycles. The normalized spacial score (nSPS) is 19.7. The number of urea groups is 1. The van der Waals surface area contributed by atoms with Gasteiger partial charge in [0.2, 0.25) is 0 Å². The maximum absolute atomic E-state index is 12.5. The van der Waals surface area contributed by atoms with Crippen molar-refractivity contribution in [2.24, 2.45) is 0 Å². The van der Waals surface area contributed by atoms with E-state index in [1.54, 1.807) is 18.9 Å². The molecule has 1 unspecified atom stereocenters. The fourth-order valence-corrected chi connectivity index (χ4v) is 3.64. The largest absolute Gasteiger partial charge is 0.497 e. The maximum Gasteiger partial charge on any atom is 0.410 e. The van der Waals surface area contributed by atoms with Gasteiger partial charge in [0.1, 0.15) is 12.4 Å². The van der Waals surface area contributed by atoms with Crippen molar-refractivity contribution >= 4 is 18.1 Å². The number of likely N-dealkylation sites (tertiary alicyclic amines) is 1. The van der Waals surface area contributed by atoms with Crippen LogP contribution in [-0.4, -0.2) is 73.4 Å². The Kier molecular flexibility index (Phi) is 6.79.